The van der Waals surface area contributed by atoms with E-state index in [4.69, 9.17) is 0 Å². The molecule has 1 amide bonds. The summed E-state index contributed by atoms with van der Waals surface area (Å²) in [5.41, 5.74) is 0.408. The Morgan fingerprint density at radius 1 is 1.31 bits per heavy atom. The third kappa shape index (κ3) is 2.64. The van der Waals surface area contributed by atoms with Gasteiger partial charge < -0.3 is 9.80 Å². The van der Waals surface area contributed by atoms with E-state index in [9.17, 15) is 4.79 Å². The summed E-state index contributed by atoms with van der Waals surface area (Å²) >= 11 is 0. The van der Waals surface area contributed by atoms with E-state index >= 15 is 0 Å². The average molecular weight is 224 g/mol. The van der Waals surface area contributed by atoms with Gasteiger partial charge in [0.05, 0.1) is 0 Å². The number of hydrogen-bond acceptors (Lipinski definition) is 2. The Morgan fingerprint density at radius 3 is 2.44 bits per heavy atom. The molecule has 0 saturated carbocycles. The first-order valence-corrected chi connectivity index (χ1v) is 6.25. The SMILES string of the molecule is C=CC(=O)N1CC2(CCCN(C)C2)C1.CC. The number of hydrogen-bond donors (Lipinski definition) is 0. The van der Waals surface area contributed by atoms with Crippen LogP contribution in [0.4, 0.5) is 0 Å². The maximum atomic E-state index is 11.3. The van der Waals surface area contributed by atoms with Gasteiger partial charge in [0, 0.05) is 25.0 Å². The summed E-state index contributed by atoms with van der Waals surface area (Å²) in [4.78, 5) is 15.6. The van der Waals surface area contributed by atoms with Crippen LogP contribution in [0.5, 0.6) is 0 Å². The second kappa shape index (κ2) is 5.48. The normalized spacial score (nSPS) is 23.1. The summed E-state index contributed by atoms with van der Waals surface area (Å²) in [5.74, 6) is 0.0869. The zero-order valence-corrected chi connectivity index (χ0v) is 10.8. The van der Waals surface area contributed by atoms with Gasteiger partial charge in [0.15, 0.2) is 0 Å². The Hall–Kier alpha value is -0.830. The van der Waals surface area contributed by atoms with E-state index < -0.39 is 0 Å². The molecule has 0 unspecified atom stereocenters. The van der Waals surface area contributed by atoms with Crippen LogP contribution in [0.3, 0.4) is 0 Å². The molecule has 3 nitrogen and oxygen atoms in total. The fourth-order valence-corrected chi connectivity index (χ4v) is 2.76. The highest BCUT2D eigenvalue weighted by Gasteiger charge is 2.46. The molecule has 0 bridgehead atoms. The fourth-order valence-electron chi connectivity index (χ4n) is 2.76. The molecule has 2 saturated heterocycles. The molecule has 0 aliphatic carbocycles. The minimum atomic E-state index is 0.0869. The van der Waals surface area contributed by atoms with E-state index in [0.29, 0.717) is 5.41 Å². The van der Waals surface area contributed by atoms with E-state index in [-0.39, 0.29) is 5.91 Å². The van der Waals surface area contributed by atoms with E-state index in [1.807, 2.05) is 18.7 Å². The second-order valence-electron chi connectivity index (χ2n) is 4.74. The van der Waals surface area contributed by atoms with Crippen LogP contribution < -0.4 is 0 Å². The molecule has 2 fully saturated rings. The van der Waals surface area contributed by atoms with Gasteiger partial charge in [0.2, 0.25) is 5.91 Å². The molecule has 2 rings (SSSR count). The monoisotopic (exact) mass is 224 g/mol. The van der Waals surface area contributed by atoms with Crippen LogP contribution in [0, 0.1) is 5.41 Å². The van der Waals surface area contributed by atoms with Gasteiger partial charge in [-0.05, 0) is 32.5 Å². The lowest BCUT2D eigenvalue weighted by atomic mass is 9.73. The van der Waals surface area contributed by atoms with Crippen molar-refractivity contribution in [1.82, 2.24) is 9.80 Å². The van der Waals surface area contributed by atoms with E-state index in [1.54, 1.807) is 0 Å². The molecule has 92 valence electrons. The Morgan fingerprint density at radius 2 is 1.94 bits per heavy atom. The minimum absolute atomic E-state index is 0.0869. The smallest absolute Gasteiger partial charge is 0.245 e. The van der Waals surface area contributed by atoms with Gasteiger partial charge in [-0.2, -0.15) is 0 Å². The first kappa shape index (κ1) is 13.2. The van der Waals surface area contributed by atoms with Gasteiger partial charge >= 0.3 is 0 Å². The maximum Gasteiger partial charge on any atom is 0.245 e. The van der Waals surface area contributed by atoms with E-state index in [0.717, 1.165) is 19.6 Å². The molecule has 2 heterocycles. The van der Waals surface area contributed by atoms with Crippen LogP contribution in [-0.2, 0) is 4.79 Å². The molecular formula is C13H24N2O. The van der Waals surface area contributed by atoms with Crippen molar-refractivity contribution in [3.8, 4) is 0 Å². The summed E-state index contributed by atoms with van der Waals surface area (Å²) in [6.07, 6.45) is 3.96. The highest BCUT2D eigenvalue weighted by Crippen LogP contribution is 2.38. The fraction of sp³-hybridized carbons (Fsp3) is 0.769. The van der Waals surface area contributed by atoms with Gasteiger partial charge in [0.25, 0.3) is 0 Å². The lowest BCUT2D eigenvalue weighted by Crippen LogP contribution is -2.63. The van der Waals surface area contributed by atoms with E-state index in [2.05, 4.69) is 18.5 Å². The number of rotatable bonds is 1. The average Bonchev–Trinajstić information content (AvgIpc) is 2.27. The first-order chi connectivity index (χ1) is 7.65. The van der Waals surface area contributed by atoms with Crippen molar-refractivity contribution in [3.63, 3.8) is 0 Å². The van der Waals surface area contributed by atoms with Crippen molar-refractivity contribution in [2.75, 3.05) is 33.2 Å². The van der Waals surface area contributed by atoms with Crippen LogP contribution in [-0.4, -0.2) is 48.9 Å². The van der Waals surface area contributed by atoms with Crippen LogP contribution in [0.2, 0.25) is 0 Å². The Kier molecular flexibility index (Phi) is 4.54. The summed E-state index contributed by atoms with van der Waals surface area (Å²) in [5, 5.41) is 0. The van der Waals surface area contributed by atoms with Gasteiger partial charge in [-0.15, -0.1) is 0 Å². The van der Waals surface area contributed by atoms with Crippen LogP contribution in [0.15, 0.2) is 12.7 Å². The largest absolute Gasteiger partial charge is 0.338 e. The number of carbonyl (C=O) groups excluding carboxylic acids is 1. The molecule has 1 spiro atoms. The van der Waals surface area contributed by atoms with Crippen molar-refractivity contribution >= 4 is 5.91 Å². The van der Waals surface area contributed by atoms with Crippen molar-refractivity contribution in [2.24, 2.45) is 5.41 Å². The quantitative estimate of drug-likeness (QED) is 0.634. The van der Waals surface area contributed by atoms with Crippen LogP contribution >= 0.6 is 0 Å². The summed E-state index contributed by atoms with van der Waals surface area (Å²) in [6, 6.07) is 0. The Labute approximate surface area is 99.1 Å². The third-order valence-corrected chi connectivity index (χ3v) is 3.39. The summed E-state index contributed by atoms with van der Waals surface area (Å²) in [6.45, 7) is 11.7. The second-order valence-corrected chi connectivity index (χ2v) is 4.74. The minimum Gasteiger partial charge on any atom is -0.338 e. The highest BCUT2D eigenvalue weighted by atomic mass is 16.2. The zero-order chi connectivity index (χ0) is 12.2. The molecule has 0 N–H and O–H groups in total. The molecule has 16 heavy (non-hydrogen) atoms. The molecular weight excluding hydrogens is 200 g/mol. The van der Waals surface area contributed by atoms with Crippen molar-refractivity contribution in [1.29, 1.82) is 0 Å². The maximum absolute atomic E-state index is 11.3. The lowest BCUT2D eigenvalue weighted by Gasteiger charge is -2.53. The molecule has 0 aromatic carbocycles. The summed E-state index contributed by atoms with van der Waals surface area (Å²) in [7, 11) is 2.17. The molecule has 0 aromatic heterocycles. The molecule has 0 atom stereocenters. The van der Waals surface area contributed by atoms with Crippen LogP contribution in [0.1, 0.15) is 26.7 Å². The van der Waals surface area contributed by atoms with Crippen molar-refractivity contribution in [2.45, 2.75) is 26.7 Å². The molecule has 2 aliphatic rings. The number of amides is 1. The number of piperidine rings is 1. The summed E-state index contributed by atoms with van der Waals surface area (Å²) < 4.78 is 0. The van der Waals surface area contributed by atoms with Crippen molar-refractivity contribution < 1.29 is 4.79 Å². The molecule has 2 aliphatic heterocycles. The van der Waals surface area contributed by atoms with Gasteiger partial charge in [-0.25, -0.2) is 0 Å². The number of nitrogens with zero attached hydrogens (tertiary/aromatic N) is 2. The Balaban J connectivity index is 0.000000606. The highest BCUT2D eigenvalue weighted by molar-refractivity contribution is 5.87. The number of likely N-dealkylation sites (tertiary alicyclic amines) is 2. The van der Waals surface area contributed by atoms with Gasteiger partial charge in [0.1, 0.15) is 0 Å². The van der Waals surface area contributed by atoms with Gasteiger partial charge in [-0.1, -0.05) is 20.4 Å². The van der Waals surface area contributed by atoms with Crippen molar-refractivity contribution in [3.05, 3.63) is 12.7 Å². The van der Waals surface area contributed by atoms with E-state index in [1.165, 1.54) is 25.5 Å². The third-order valence-electron chi connectivity index (χ3n) is 3.39. The zero-order valence-electron chi connectivity index (χ0n) is 10.8. The molecule has 0 aromatic rings. The number of carbonyl (C=O) groups is 1. The predicted octanol–water partition coefficient (Wildman–Crippen LogP) is 1.75. The van der Waals surface area contributed by atoms with Crippen LogP contribution in [0.25, 0.3) is 0 Å². The Bertz CT molecular complexity index is 257. The topological polar surface area (TPSA) is 23.6 Å². The van der Waals surface area contributed by atoms with Gasteiger partial charge in [-0.3, -0.25) is 4.79 Å². The molecule has 0 radical (unpaired) electrons. The lowest BCUT2D eigenvalue weighted by molar-refractivity contribution is -0.141. The molecule has 3 heteroatoms. The predicted molar refractivity (Wildman–Crippen MR) is 67.3 cm³/mol. The standard InChI is InChI=1S/C11H18N2O.C2H6/c1-3-10(14)13-8-11(9-13)5-4-6-12(2)7-11;1-2/h3H,1,4-9H2,2H3;1-2H3. The first-order valence-electron chi connectivity index (χ1n) is 6.25.